The maximum Gasteiger partial charge on any atom is 0.169 e. The van der Waals surface area contributed by atoms with E-state index in [1.54, 1.807) is 0 Å². The topological polar surface area (TPSA) is 34.9 Å². The largest absolute Gasteiger partial charge is 0.320 e. The number of halogens is 1. The summed E-state index contributed by atoms with van der Waals surface area (Å²) in [6, 6.07) is 19.9. The van der Waals surface area contributed by atoms with Crippen LogP contribution in [0.4, 0.5) is 0 Å². The summed E-state index contributed by atoms with van der Waals surface area (Å²) in [5.74, 6) is 0.726. The van der Waals surface area contributed by atoms with Crippen molar-refractivity contribution in [3.05, 3.63) is 77.1 Å². The first-order valence-electron chi connectivity index (χ1n) is 7.10. The summed E-state index contributed by atoms with van der Waals surface area (Å²) in [5, 5.41) is 0.252. The fourth-order valence-electron chi connectivity index (χ4n) is 2.47. The SMILES string of the molecule is O=Cc1c(Cl)nc(-c2ccccc2)n1CCc1ccccc1. The van der Waals surface area contributed by atoms with E-state index in [-0.39, 0.29) is 5.15 Å². The normalized spacial score (nSPS) is 10.6. The molecule has 110 valence electrons. The Hall–Kier alpha value is -2.39. The van der Waals surface area contributed by atoms with Gasteiger partial charge < -0.3 is 4.57 Å². The molecule has 0 atom stereocenters. The third-order valence-corrected chi connectivity index (χ3v) is 3.85. The van der Waals surface area contributed by atoms with Crippen molar-refractivity contribution in [1.29, 1.82) is 0 Å². The molecule has 0 aliphatic carbocycles. The minimum Gasteiger partial charge on any atom is -0.320 e. The molecule has 3 rings (SSSR count). The summed E-state index contributed by atoms with van der Waals surface area (Å²) in [4.78, 5) is 15.7. The number of imidazole rings is 1. The molecule has 0 spiro atoms. The zero-order valence-electron chi connectivity index (χ0n) is 11.9. The average molecular weight is 311 g/mol. The van der Waals surface area contributed by atoms with Crippen LogP contribution in [-0.4, -0.2) is 15.8 Å². The Balaban J connectivity index is 1.96. The first-order chi connectivity index (χ1) is 10.8. The summed E-state index contributed by atoms with van der Waals surface area (Å²) in [5.41, 5.74) is 2.59. The molecule has 3 aromatic rings. The standard InChI is InChI=1S/C18H15ClN2O/c19-17-16(13-22)21(12-11-14-7-3-1-4-8-14)18(20-17)15-9-5-2-6-10-15/h1-10,13H,11-12H2. The van der Waals surface area contributed by atoms with Crippen molar-refractivity contribution >= 4 is 17.9 Å². The Bertz CT molecular complexity index is 767. The van der Waals surface area contributed by atoms with Crippen LogP contribution in [0.15, 0.2) is 60.7 Å². The van der Waals surface area contributed by atoms with E-state index in [1.807, 2.05) is 53.1 Å². The quantitative estimate of drug-likeness (QED) is 0.660. The molecule has 0 bridgehead atoms. The van der Waals surface area contributed by atoms with E-state index in [2.05, 4.69) is 17.1 Å². The number of nitrogens with zero attached hydrogens (tertiary/aromatic N) is 2. The fourth-order valence-corrected chi connectivity index (χ4v) is 2.69. The molecule has 0 amide bonds. The van der Waals surface area contributed by atoms with Gasteiger partial charge in [-0.05, 0) is 12.0 Å². The van der Waals surface area contributed by atoms with Crippen LogP contribution in [0.5, 0.6) is 0 Å². The van der Waals surface area contributed by atoms with Crippen molar-refractivity contribution in [3.8, 4) is 11.4 Å². The molecule has 0 saturated heterocycles. The highest BCUT2D eigenvalue weighted by atomic mass is 35.5. The number of aldehydes is 1. The number of carbonyl (C=O) groups excluding carboxylic acids is 1. The van der Waals surface area contributed by atoms with Gasteiger partial charge in [0.25, 0.3) is 0 Å². The van der Waals surface area contributed by atoms with Gasteiger partial charge in [0, 0.05) is 12.1 Å². The lowest BCUT2D eigenvalue weighted by molar-refractivity contribution is 0.111. The summed E-state index contributed by atoms with van der Waals surface area (Å²) < 4.78 is 1.89. The Morgan fingerprint density at radius 2 is 1.64 bits per heavy atom. The minimum atomic E-state index is 0.252. The number of hydrogen-bond donors (Lipinski definition) is 0. The van der Waals surface area contributed by atoms with Crippen molar-refractivity contribution in [1.82, 2.24) is 9.55 Å². The molecule has 0 aliphatic rings. The van der Waals surface area contributed by atoms with Gasteiger partial charge in [-0.25, -0.2) is 4.98 Å². The molecule has 0 aliphatic heterocycles. The van der Waals surface area contributed by atoms with Crippen LogP contribution >= 0.6 is 11.6 Å². The van der Waals surface area contributed by atoms with Crippen LogP contribution in [0.1, 0.15) is 16.1 Å². The summed E-state index contributed by atoms with van der Waals surface area (Å²) in [6.07, 6.45) is 1.58. The van der Waals surface area contributed by atoms with E-state index >= 15 is 0 Å². The summed E-state index contributed by atoms with van der Waals surface area (Å²) >= 11 is 6.12. The number of benzene rings is 2. The zero-order valence-corrected chi connectivity index (χ0v) is 12.7. The predicted octanol–water partition coefficient (Wildman–Crippen LogP) is 4.26. The third kappa shape index (κ3) is 2.95. The van der Waals surface area contributed by atoms with Crippen molar-refractivity contribution in [2.24, 2.45) is 0 Å². The van der Waals surface area contributed by atoms with E-state index in [1.165, 1.54) is 5.56 Å². The molecule has 0 unspecified atom stereocenters. The maximum atomic E-state index is 11.4. The van der Waals surface area contributed by atoms with Crippen molar-refractivity contribution in [3.63, 3.8) is 0 Å². The van der Waals surface area contributed by atoms with E-state index in [9.17, 15) is 4.79 Å². The van der Waals surface area contributed by atoms with Crippen molar-refractivity contribution in [2.75, 3.05) is 0 Å². The van der Waals surface area contributed by atoms with Crippen LogP contribution in [0.2, 0.25) is 5.15 Å². The smallest absolute Gasteiger partial charge is 0.169 e. The Labute approximate surface area is 134 Å². The van der Waals surface area contributed by atoms with Gasteiger partial charge in [-0.15, -0.1) is 0 Å². The number of aryl methyl sites for hydroxylation is 1. The summed E-state index contributed by atoms with van der Waals surface area (Å²) in [6.45, 7) is 0.655. The van der Waals surface area contributed by atoms with Crippen LogP contribution in [0, 0.1) is 0 Å². The first-order valence-corrected chi connectivity index (χ1v) is 7.48. The molecular weight excluding hydrogens is 296 g/mol. The molecule has 3 nitrogen and oxygen atoms in total. The van der Waals surface area contributed by atoms with Crippen molar-refractivity contribution in [2.45, 2.75) is 13.0 Å². The Morgan fingerprint density at radius 3 is 2.27 bits per heavy atom. The zero-order chi connectivity index (χ0) is 15.4. The molecular formula is C18H15ClN2O. The average Bonchev–Trinajstić information content (AvgIpc) is 2.90. The lowest BCUT2D eigenvalue weighted by Gasteiger charge is -2.09. The highest BCUT2D eigenvalue weighted by Crippen LogP contribution is 2.25. The molecule has 0 radical (unpaired) electrons. The lowest BCUT2D eigenvalue weighted by Crippen LogP contribution is -2.07. The third-order valence-electron chi connectivity index (χ3n) is 3.57. The van der Waals surface area contributed by atoms with Crippen LogP contribution in [-0.2, 0) is 13.0 Å². The number of hydrogen-bond acceptors (Lipinski definition) is 2. The number of rotatable bonds is 5. The molecule has 4 heteroatoms. The Kier molecular flexibility index (Phi) is 4.35. The van der Waals surface area contributed by atoms with Gasteiger partial charge in [-0.3, -0.25) is 4.79 Å². The minimum absolute atomic E-state index is 0.252. The predicted molar refractivity (Wildman–Crippen MR) is 88.2 cm³/mol. The van der Waals surface area contributed by atoms with Gasteiger partial charge in [-0.2, -0.15) is 0 Å². The summed E-state index contributed by atoms with van der Waals surface area (Å²) in [7, 11) is 0. The van der Waals surface area contributed by atoms with Gasteiger partial charge in [-0.1, -0.05) is 72.3 Å². The second-order valence-electron chi connectivity index (χ2n) is 4.98. The molecule has 1 heterocycles. The molecule has 2 aromatic carbocycles. The fraction of sp³-hybridized carbons (Fsp3) is 0.111. The second-order valence-corrected chi connectivity index (χ2v) is 5.34. The van der Waals surface area contributed by atoms with Gasteiger partial charge in [0.1, 0.15) is 11.5 Å². The molecule has 22 heavy (non-hydrogen) atoms. The van der Waals surface area contributed by atoms with Gasteiger partial charge in [0.2, 0.25) is 0 Å². The molecule has 1 aromatic heterocycles. The molecule has 0 N–H and O–H groups in total. The van der Waals surface area contributed by atoms with Crippen LogP contribution < -0.4 is 0 Å². The van der Waals surface area contributed by atoms with Gasteiger partial charge in [0.15, 0.2) is 11.4 Å². The van der Waals surface area contributed by atoms with Gasteiger partial charge >= 0.3 is 0 Å². The maximum absolute atomic E-state index is 11.4. The van der Waals surface area contributed by atoms with Crippen LogP contribution in [0.25, 0.3) is 11.4 Å². The van der Waals surface area contributed by atoms with E-state index in [0.29, 0.717) is 12.2 Å². The highest BCUT2D eigenvalue weighted by Gasteiger charge is 2.16. The highest BCUT2D eigenvalue weighted by molar-refractivity contribution is 6.31. The molecule has 0 saturated carbocycles. The second kappa shape index (κ2) is 6.58. The monoisotopic (exact) mass is 310 g/mol. The van der Waals surface area contributed by atoms with E-state index in [0.717, 1.165) is 24.1 Å². The number of aromatic nitrogens is 2. The molecule has 0 fully saturated rings. The van der Waals surface area contributed by atoms with E-state index < -0.39 is 0 Å². The number of carbonyl (C=O) groups is 1. The van der Waals surface area contributed by atoms with Crippen LogP contribution in [0.3, 0.4) is 0 Å². The first kappa shape index (κ1) is 14.5. The van der Waals surface area contributed by atoms with Crippen molar-refractivity contribution < 1.29 is 4.79 Å². The Morgan fingerprint density at radius 1 is 1.00 bits per heavy atom. The van der Waals surface area contributed by atoms with E-state index in [4.69, 9.17) is 11.6 Å². The lowest BCUT2D eigenvalue weighted by atomic mass is 10.1. The van der Waals surface area contributed by atoms with Gasteiger partial charge in [0.05, 0.1) is 0 Å².